The van der Waals surface area contributed by atoms with Crippen LogP contribution >= 0.6 is 0 Å². The molecule has 15 heteroatoms. The zero-order chi connectivity index (χ0) is 38.7. The quantitative estimate of drug-likeness (QED) is 0.190. The van der Waals surface area contributed by atoms with Crippen molar-refractivity contribution in [2.75, 3.05) is 56.4 Å². The number of benzene rings is 3. The number of amides is 5. The molecule has 5 amide bonds. The second-order valence-corrected chi connectivity index (χ2v) is 13.2. The second kappa shape index (κ2) is 18.6. The number of hydrogen-bond donors (Lipinski definition) is 4. The van der Waals surface area contributed by atoms with Crippen LogP contribution in [0.5, 0.6) is 11.5 Å². The summed E-state index contributed by atoms with van der Waals surface area (Å²) in [6.07, 6.45) is -3.19. The molecule has 0 unspecified atom stereocenters. The van der Waals surface area contributed by atoms with Gasteiger partial charge in [-0.05, 0) is 99.8 Å². The normalized spacial score (nSPS) is 19.2. The Morgan fingerprint density at radius 3 is 2.25 bits per heavy atom. The summed E-state index contributed by atoms with van der Waals surface area (Å²) < 4.78 is 56.7. The smallest absolute Gasteiger partial charge is 0.416 e. The van der Waals surface area contributed by atoms with Crippen LogP contribution in [0.15, 0.2) is 66.7 Å². The van der Waals surface area contributed by atoms with Gasteiger partial charge in [0, 0.05) is 49.7 Å². The molecular weight excluding hydrogens is 695 g/mol. The number of fused-ring (bicyclic) bond motifs is 1. The van der Waals surface area contributed by atoms with Gasteiger partial charge in [-0.15, -0.1) is 0 Å². The lowest BCUT2D eigenvalue weighted by Gasteiger charge is -2.35. The summed E-state index contributed by atoms with van der Waals surface area (Å²) >= 11 is 0. The van der Waals surface area contributed by atoms with E-state index in [0.29, 0.717) is 42.3 Å². The van der Waals surface area contributed by atoms with Crippen molar-refractivity contribution in [3.05, 3.63) is 77.9 Å². The van der Waals surface area contributed by atoms with Crippen LogP contribution in [0, 0.1) is 5.92 Å². The van der Waals surface area contributed by atoms with Crippen LogP contribution in [0.25, 0.3) is 0 Å². The molecule has 0 fully saturated rings. The molecule has 3 aromatic rings. The number of carbonyl (C=O) groups excluding carboxylic acids is 3. The van der Waals surface area contributed by atoms with E-state index >= 15 is 0 Å². The summed E-state index contributed by atoms with van der Waals surface area (Å²) in [5, 5.41) is 18.4. The summed E-state index contributed by atoms with van der Waals surface area (Å²) in [7, 11) is 3.10. The third-order valence-electron chi connectivity index (χ3n) is 8.92. The Morgan fingerprint density at radius 1 is 0.981 bits per heavy atom. The van der Waals surface area contributed by atoms with Crippen molar-refractivity contribution < 1.29 is 46.9 Å². The minimum absolute atomic E-state index is 0.108. The standard InChI is InChI=1S/C38H48F3N5O7/c1-24-21-46(25(2)23-47)35(48)32-20-30(43-36(49)42-28-13-16-31(51-5)17-14-28)15-18-33(32)53-26(3)8-6-7-19-52-34(24)22-45(4)37(50)44-29-11-9-27(10-12-29)38(39,40)41/h9-18,20,24-26,34,47H,6-8,19,21-23H2,1-5H3,(H,44,50)(H2,42,43,49)/t24-,25+,26+,34-/m0/s1. The number of anilines is 3. The van der Waals surface area contributed by atoms with Crippen LogP contribution in [0.4, 0.5) is 39.8 Å². The average molecular weight is 744 g/mol. The van der Waals surface area contributed by atoms with Crippen molar-refractivity contribution in [3.8, 4) is 11.5 Å². The van der Waals surface area contributed by atoms with E-state index in [2.05, 4.69) is 16.0 Å². The molecule has 4 rings (SSSR count). The summed E-state index contributed by atoms with van der Waals surface area (Å²) in [6, 6.07) is 14.1. The fourth-order valence-electron chi connectivity index (χ4n) is 5.74. The predicted molar refractivity (Wildman–Crippen MR) is 196 cm³/mol. The molecule has 0 aliphatic carbocycles. The molecule has 288 valence electrons. The number of halogens is 3. The Labute approximate surface area is 307 Å². The highest BCUT2D eigenvalue weighted by molar-refractivity contribution is 6.02. The maximum Gasteiger partial charge on any atom is 0.416 e. The third kappa shape index (κ3) is 11.7. The molecule has 1 aliphatic rings. The highest BCUT2D eigenvalue weighted by Crippen LogP contribution is 2.31. The van der Waals surface area contributed by atoms with E-state index in [1.54, 1.807) is 63.5 Å². The van der Waals surface area contributed by atoms with Gasteiger partial charge in [-0.2, -0.15) is 13.2 Å². The van der Waals surface area contributed by atoms with Gasteiger partial charge in [0.1, 0.15) is 11.5 Å². The summed E-state index contributed by atoms with van der Waals surface area (Å²) in [5.74, 6) is 0.176. The van der Waals surface area contributed by atoms with Crippen LogP contribution in [0.2, 0.25) is 0 Å². The van der Waals surface area contributed by atoms with Gasteiger partial charge in [-0.3, -0.25) is 4.79 Å². The van der Waals surface area contributed by atoms with Gasteiger partial charge in [0.2, 0.25) is 0 Å². The van der Waals surface area contributed by atoms with Gasteiger partial charge < -0.3 is 45.1 Å². The summed E-state index contributed by atoms with van der Waals surface area (Å²) in [5.41, 5.74) is 0.436. The van der Waals surface area contributed by atoms with Gasteiger partial charge in [-0.25, -0.2) is 9.59 Å². The molecule has 3 aromatic carbocycles. The number of rotatable bonds is 8. The first-order valence-corrected chi connectivity index (χ1v) is 17.4. The Balaban J connectivity index is 1.54. The molecule has 1 heterocycles. The number of hydrogen-bond acceptors (Lipinski definition) is 7. The molecule has 0 radical (unpaired) electrons. The number of likely N-dealkylation sites (N-methyl/N-ethyl adjacent to an activating group) is 1. The topological polar surface area (TPSA) is 142 Å². The van der Waals surface area contributed by atoms with E-state index in [-0.39, 0.29) is 43.0 Å². The molecule has 4 N–H and O–H groups in total. The number of carbonyl (C=O) groups is 3. The van der Waals surface area contributed by atoms with Crippen molar-refractivity contribution in [2.24, 2.45) is 5.92 Å². The Morgan fingerprint density at radius 2 is 1.60 bits per heavy atom. The number of nitrogens with zero attached hydrogens (tertiary/aromatic N) is 2. The van der Waals surface area contributed by atoms with Crippen LogP contribution in [0.3, 0.4) is 0 Å². The molecule has 12 nitrogen and oxygen atoms in total. The van der Waals surface area contributed by atoms with E-state index in [1.807, 2.05) is 13.8 Å². The molecule has 0 saturated carbocycles. The second-order valence-electron chi connectivity index (χ2n) is 13.2. The van der Waals surface area contributed by atoms with E-state index in [0.717, 1.165) is 18.6 Å². The minimum atomic E-state index is -4.50. The first-order valence-electron chi connectivity index (χ1n) is 17.4. The largest absolute Gasteiger partial charge is 0.497 e. The Bertz CT molecular complexity index is 1670. The molecule has 1 aliphatic heterocycles. The van der Waals surface area contributed by atoms with Crippen LogP contribution in [0.1, 0.15) is 56.0 Å². The zero-order valence-corrected chi connectivity index (χ0v) is 30.5. The molecule has 0 saturated heterocycles. The minimum Gasteiger partial charge on any atom is -0.497 e. The molecular formula is C38H48F3N5O7. The van der Waals surface area contributed by atoms with Crippen molar-refractivity contribution in [2.45, 2.75) is 64.5 Å². The number of aliphatic hydroxyl groups excluding tert-OH is 1. The fraction of sp³-hybridized carbons (Fsp3) is 0.447. The maximum absolute atomic E-state index is 14.4. The first kappa shape index (κ1) is 40.7. The Kier molecular flexibility index (Phi) is 14.3. The van der Waals surface area contributed by atoms with Gasteiger partial charge in [0.05, 0.1) is 43.1 Å². The number of ether oxygens (including phenoxy) is 3. The SMILES string of the molecule is COc1ccc(NC(=O)Nc2ccc3c(c2)C(=O)N([C@H](C)CO)C[C@H](C)[C@H](CN(C)C(=O)Nc2ccc(C(F)(F)F)cc2)OCCCC[C@@H](C)O3)cc1. The monoisotopic (exact) mass is 743 g/mol. The molecule has 53 heavy (non-hydrogen) atoms. The van der Waals surface area contributed by atoms with E-state index in [9.17, 15) is 32.7 Å². The van der Waals surface area contributed by atoms with Crippen molar-refractivity contribution in [1.29, 1.82) is 0 Å². The lowest BCUT2D eigenvalue weighted by atomic mass is 10.0. The zero-order valence-electron chi connectivity index (χ0n) is 30.5. The highest BCUT2D eigenvalue weighted by Gasteiger charge is 2.32. The van der Waals surface area contributed by atoms with Crippen LogP contribution in [-0.2, 0) is 10.9 Å². The maximum atomic E-state index is 14.4. The third-order valence-corrected chi connectivity index (χ3v) is 8.92. The van der Waals surface area contributed by atoms with Crippen LogP contribution < -0.4 is 25.4 Å². The fourth-order valence-corrected chi connectivity index (χ4v) is 5.74. The molecule has 0 spiro atoms. The molecule has 0 aromatic heterocycles. The number of nitrogens with one attached hydrogen (secondary N) is 3. The molecule has 4 atom stereocenters. The van der Waals surface area contributed by atoms with E-state index in [4.69, 9.17) is 14.2 Å². The van der Waals surface area contributed by atoms with Crippen molar-refractivity contribution in [1.82, 2.24) is 9.80 Å². The lowest BCUT2D eigenvalue weighted by molar-refractivity contribution is -0.137. The van der Waals surface area contributed by atoms with Gasteiger partial charge in [0.15, 0.2) is 0 Å². The lowest BCUT2D eigenvalue weighted by Crippen LogP contribution is -2.48. The van der Waals surface area contributed by atoms with Crippen LogP contribution in [-0.4, -0.2) is 91.6 Å². The Hall–Kier alpha value is -5.02. The van der Waals surface area contributed by atoms with Gasteiger partial charge in [0.25, 0.3) is 5.91 Å². The van der Waals surface area contributed by atoms with E-state index < -0.39 is 41.9 Å². The summed E-state index contributed by atoms with van der Waals surface area (Å²) in [6.45, 7) is 5.77. The number of urea groups is 2. The number of methoxy groups -OCH3 is 1. The van der Waals surface area contributed by atoms with E-state index in [1.165, 1.54) is 21.9 Å². The number of alkyl halides is 3. The van der Waals surface area contributed by atoms with Crippen molar-refractivity contribution >= 4 is 35.0 Å². The average Bonchev–Trinajstić information content (AvgIpc) is 3.12. The van der Waals surface area contributed by atoms with Gasteiger partial charge >= 0.3 is 18.2 Å². The van der Waals surface area contributed by atoms with Crippen molar-refractivity contribution in [3.63, 3.8) is 0 Å². The molecule has 0 bridgehead atoms. The predicted octanol–water partition coefficient (Wildman–Crippen LogP) is 7.32. The first-order chi connectivity index (χ1) is 25.2. The number of aliphatic hydroxyl groups is 1. The van der Waals surface area contributed by atoms with Gasteiger partial charge in [-0.1, -0.05) is 6.92 Å². The summed E-state index contributed by atoms with van der Waals surface area (Å²) in [4.78, 5) is 43.3. The highest BCUT2D eigenvalue weighted by atomic mass is 19.4.